The van der Waals surface area contributed by atoms with E-state index in [4.69, 9.17) is 28.9 Å². The molecule has 18 heavy (non-hydrogen) atoms. The van der Waals surface area contributed by atoms with Gasteiger partial charge in [0.05, 0.1) is 15.7 Å². The Morgan fingerprint density at radius 1 is 1.39 bits per heavy atom. The molecule has 0 saturated heterocycles. The first kappa shape index (κ1) is 13.2. The van der Waals surface area contributed by atoms with Crippen LogP contribution in [0.25, 0.3) is 0 Å². The first-order valence-corrected chi connectivity index (χ1v) is 6.44. The van der Waals surface area contributed by atoms with Gasteiger partial charge >= 0.3 is 0 Å². The standard InChI is InChI=1S/C13H14Cl2N2O/c1-8-2-4-17(5-3-8)13(18)9-6-10(14)12(15)11(16)7-9/h2,6-7H,3-5,16H2,1H3. The predicted octanol–water partition coefficient (Wildman–Crippen LogP) is 3.37. The lowest BCUT2D eigenvalue weighted by molar-refractivity contribution is 0.0769. The molecular formula is C13H14Cl2N2O. The summed E-state index contributed by atoms with van der Waals surface area (Å²) < 4.78 is 0. The van der Waals surface area contributed by atoms with Crippen LogP contribution in [0.2, 0.25) is 10.0 Å². The fourth-order valence-corrected chi connectivity index (χ4v) is 2.21. The van der Waals surface area contributed by atoms with Gasteiger partial charge in [-0.1, -0.05) is 34.9 Å². The summed E-state index contributed by atoms with van der Waals surface area (Å²) in [6, 6.07) is 3.13. The Morgan fingerprint density at radius 3 is 2.67 bits per heavy atom. The van der Waals surface area contributed by atoms with Crippen LogP contribution in [0.4, 0.5) is 5.69 Å². The van der Waals surface area contributed by atoms with Gasteiger partial charge in [-0.05, 0) is 25.5 Å². The van der Waals surface area contributed by atoms with E-state index in [-0.39, 0.29) is 5.91 Å². The molecule has 0 atom stereocenters. The Labute approximate surface area is 116 Å². The molecule has 2 N–H and O–H groups in total. The number of halogens is 2. The van der Waals surface area contributed by atoms with Gasteiger partial charge in [-0.2, -0.15) is 0 Å². The van der Waals surface area contributed by atoms with E-state index in [9.17, 15) is 4.79 Å². The highest BCUT2D eigenvalue weighted by molar-refractivity contribution is 6.43. The van der Waals surface area contributed by atoms with E-state index in [0.717, 1.165) is 13.0 Å². The number of carbonyl (C=O) groups excluding carboxylic acids is 1. The molecule has 0 aromatic heterocycles. The number of nitrogens with two attached hydrogens (primary N) is 1. The van der Waals surface area contributed by atoms with Gasteiger partial charge in [-0.3, -0.25) is 4.79 Å². The summed E-state index contributed by atoms with van der Waals surface area (Å²) >= 11 is 11.8. The lowest BCUT2D eigenvalue weighted by atomic mass is 10.1. The van der Waals surface area contributed by atoms with E-state index in [0.29, 0.717) is 27.8 Å². The monoisotopic (exact) mass is 284 g/mol. The van der Waals surface area contributed by atoms with Crippen molar-refractivity contribution < 1.29 is 4.79 Å². The second-order valence-corrected chi connectivity index (χ2v) is 5.20. The molecule has 96 valence electrons. The summed E-state index contributed by atoms with van der Waals surface area (Å²) in [5.74, 6) is -0.0657. The van der Waals surface area contributed by atoms with Crippen molar-refractivity contribution in [3.8, 4) is 0 Å². The van der Waals surface area contributed by atoms with Crippen LogP contribution in [0.15, 0.2) is 23.8 Å². The average molecular weight is 285 g/mol. The maximum absolute atomic E-state index is 12.3. The molecule has 0 unspecified atom stereocenters. The van der Waals surface area contributed by atoms with Gasteiger partial charge < -0.3 is 10.6 Å². The molecule has 0 fully saturated rings. The van der Waals surface area contributed by atoms with E-state index in [1.165, 1.54) is 5.57 Å². The van der Waals surface area contributed by atoms with E-state index in [1.807, 2.05) is 0 Å². The lowest BCUT2D eigenvalue weighted by Gasteiger charge is -2.25. The minimum absolute atomic E-state index is 0.0657. The number of nitrogen functional groups attached to an aromatic ring is 1. The maximum atomic E-state index is 12.3. The second kappa shape index (κ2) is 5.21. The fourth-order valence-electron chi connectivity index (χ4n) is 1.87. The van der Waals surface area contributed by atoms with E-state index in [2.05, 4.69) is 13.0 Å². The van der Waals surface area contributed by atoms with Gasteiger partial charge in [-0.25, -0.2) is 0 Å². The van der Waals surface area contributed by atoms with E-state index in [1.54, 1.807) is 17.0 Å². The molecule has 3 nitrogen and oxygen atoms in total. The summed E-state index contributed by atoms with van der Waals surface area (Å²) in [5.41, 5.74) is 7.84. The van der Waals surface area contributed by atoms with Crippen molar-refractivity contribution in [2.75, 3.05) is 18.8 Å². The summed E-state index contributed by atoms with van der Waals surface area (Å²) in [6.45, 7) is 3.42. The number of anilines is 1. The van der Waals surface area contributed by atoms with Gasteiger partial charge in [0.25, 0.3) is 5.91 Å². The lowest BCUT2D eigenvalue weighted by Crippen LogP contribution is -2.34. The molecule has 1 aliphatic rings. The van der Waals surface area contributed by atoms with Crippen LogP contribution < -0.4 is 5.73 Å². The molecule has 1 heterocycles. The molecule has 0 aliphatic carbocycles. The predicted molar refractivity (Wildman–Crippen MR) is 75.2 cm³/mol. The number of amides is 1. The highest BCUT2D eigenvalue weighted by Crippen LogP contribution is 2.30. The van der Waals surface area contributed by atoms with E-state index < -0.39 is 0 Å². The third-order valence-corrected chi connectivity index (χ3v) is 3.84. The number of rotatable bonds is 1. The zero-order valence-corrected chi connectivity index (χ0v) is 11.6. The van der Waals surface area contributed by atoms with Crippen molar-refractivity contribution >= 4 is 34.8 Å². The van der Waals surface area contributed by atoms with E-state index >= 15 is 0 Å². The van der Waals surface area contributed by atoms with Crippen molar-refractivity contribution in [2.24, 2.45) is 0 Å². The molecule has 1 aliphatic heterocycles. The quantitative estimate of drug-likeness (QED) is 0.635. The Kier molecular flexibility index (Phi) is 3.83. The summed E-state index contributed by atoms with van der Waals surface area (Å²) in [6.07, 6.45) is 2.96. The Balaban J connectivity index is 2.24. The largest absolute Gasteiger partial charge is 0.397 e. The van der Waals surface area contributed by atoms with Crippen LogP contribution in [-0.2, 0) is 0 Å². The van der Waals surface area contributed by atoms with Crippen LogP contribution in [0, 0.1) is 0 Å². The molecule has 1 amide bonds. The molecule has 1 aromatic rings. The van der Waals surface area contributed by atoms with Gasteiger partial charge in [0, 0.05) is 18.7 Å². The van der Waals surface area contributed by atoms with Gasteiger partial charge in [0.2, 0.25) is 0 Å². The molecule has 2 rings (SSSR count). The minimum atomic E-state index is -0.0657. The third kappa shape index (κ3) is 2.62. The Morgan fingerprint density at radius 2 is 2.11 bits per heavy atom. The minimum Gasteiger partial charge on any atom is -0.397 e. The molecule has 0 saturated carbocycles. The number of hydrogen-bond donors (Lipinski definition) is 1. The van der Waals surface area contributed by atoms with Gasteiger partial charge in [0.1, 0.15) is 0 Å². The number of hydrogen-bond acceptors (Lipinski definition) is 2. The van der Waals surface area contributed by atoms with Crippen molar-refractivity contribution in [1.82, 2.24) is 4.90 Å². The molecule has 1 aromatic carbocycles. The van der Waals surface area contributed by atoms with Crippen molar-refractivity contribution in [2.45, 2.75) is 13.3 Å². The molecule has 0 spiro atoms. The van der Waals surface area contributed by atoms with Crippen molar-refractivity contribution in [1.29, 1.82) is 0 Å². The SMILES string of the molecule is CC1=CCN(C(=O)c2cc(N)c(Cl)c(Cl)c2)CC1. The molecular weight excluding hydrogens is 271 g/mol. The highest BCUT2D eigenvalue weighted by atomic mass is 35.5. The maximum Gasteiger partial charge on any atom is 0.254 e. The topological polar surface area (TPSA) is 46.3 Å². The van der Waals surface area contributed by atoms with Crippen LogP contribution >= 0.6 is 23.2 Å². The number of nitrogens with zero attached hydrogens (tertiary/aromatic N) is 1. The first-order valence-electron chi connectivity index (χ1n) is 5.68. The number of benzene rings is 1. The summed E-state index contributed by atoms with van der Waals surface area (Å²) in [4.78, 5) is 14.0. The average Bonchev–Trinajstić information content (AvgIpc) is 2.35. The number of carbonyl (C=O) groups is 1. The first-order chi connectivity index (χ1) is 8.49. The Bertz CT molecular complexity index is 503. The van der Waals surface area contributed by atoms with Crippen LogP contribution in [-0.4, -0.2) is 23.9 Å². The van der Waals surface area contributed by atoms with Gasteiger partial charge in [0.15, 0.2) is 0 Å². The Hall–Kier alpha value is -1.19. The summed E-state index contributed by atoms with van der Waals surface area (Å²) in [5, 5.41) is 0.603. The molecule has 5 heteroatoms. The normalized spacial score (nSPS) is 15.5. The zero-order chi connectivity index (χ0) is 13.3. The second-order valence-electron chi connectivity index (χ2n) is 4.41. The van der Waals surface area contributed by atoms with Crippen molar-refractivity contribution in [3.05, 3.63) is 39.4 Å². The highest BCUT2D eigenvalue weighted by Gasteiger charge is 2.19. The molecule has 0 radical (unpaired) electrons. The smallest absolute Gasteiger partial charge is 0.254 e. The summed E-state index contributed by atoms with van der Waals surface area (Å²) in [7, 11) is 0. The zero-order valence-electron chi connectivity index (χ0n) is 10.0. The van der Waals surface area contributed by atoms with Crippen LogP contribution in [0.3, 0.4) is 0 Å². The fraction of sp³-hybridized carbons (Fsp3) is 0.308. The third-order valence-electron chi connectivity index (χ3n) is 3.03. The molecule has 0 bridgehead atoms. The van der Waals surface area contributed by atoms with Crippen LogP contribution in [0.1, 0.15) is 23.7 Å². The van der Waals surface area contributed by atoms with Crippen LogP contribution in [0.5, 0.6) is 0 Å². The van der Waals surface area contributed by atoms with Crippen molar-refractivity contribution in [3.63, 3.8) is 0 Å². The van der Waals surface area contributed by atoms with Gasteiger partial charge in [-0.15, -0.1) is 0 Å².